The molecule has 3 rings (SSSR count). The van der Waals surface area contributed by atoms with Crippen LogP contribution in [-0.4, -0.2) is 40.1 Å². The number of nitrogens with one attached hydrogen (secondary N) is 1. The first kappa shape index (κ1) is 18.4. The highest BCUT2D eigenvalue weighted by Gasteiger charge is 2.20. The first-order valence-corrected chi connectivity index (χ1v) is 8.68. The van der Waals surface area contributed by atoms with Gasteiger partial charge in [-0.1, -0.05) is 36.4 Å². The number of likely N-dealkylation sites (N-methyl/N-ethyl adjacent to an activating group) is 1. The second-order valence-electron chi connectivity index (χ2n) is 6.42. The van der Waals surface area contributed by atoms with Crippen LogP contribution in [0.15, 0.2) is 60.8 Å². The van der Waals surface area contributed by atoms with Gasteiger partial charge in [0.25, 0.3) is 5.91 Å². The Morgan fingerprint density at radius 1 is 1.04 bits per heavy atom. The highest BCUT2D eigenvalue weighted by Crippen LogP contribution is 2.18. The number of nitrogens with zero attached hydrogens (tertiary/aromatic N) is 3. The van der Waals surface area contributed by atoms with E-state index in [4.69, 9.17) is 0 Å². The van der Waals surface area contributed by atoms with E-state index in [2.05, 4.69) is 10.4 Å². The summed E-state index contributed by atoms with van der Waals surface area (Å²) in [5.41, 5.74) is 3.92. The summed E-state index contributed by atoms with van der Waals surface area (Å²) >= 11 is 0. The molecule has 0 aliphatic heterocycles. The monoisotopic (exact) mass is 362 g/mol. The average molecular weight is 362 g/mol. The molecule has 6 heteroatoms. The maximum absolute atomic E-state index is 12.8. The van der Waals surface area contributed by atoms with Gasteiger partial charge < -0.3 is 10.2 Å². The molecule has 2 aromatic carbocycles. The fourth-order valence-corrected chi connectivity index (χ4v) is 2.88. The van der Waals surface area contributed by atoms with Crippen molar-refractivity contribution in [3.8, 4) is 5.69 Å². The zero-order chi connectivity index (χ0) is 19.4. The molecule has 3 aromatic rings. The number of benzene rings is 2. The van der Waals surface area contributed by atoms with Gasteiger partial charge in [0, 0.05) is 12.7 Å². The number of anilines is 1. The molecule has 138 valence electrons. The van der Waals surface area contributed by atoms with Gasteiger partial charge in [0.2, 0.25) is 5.91 Å². The zero-order valence-electron chi connectivity index (χ0n) is 15.6. The highest BCUT2D eigenvalue weighted by molar-refractivity contribution is 5.99. The van der Waals surface area contributed by atoms with Gasteiger partial charge >= 0.3 is 0 Å². The average Bonchev–Trinajstić information content (AvgIpc) is 3.03. The molecule has 0 radical (unpaired) electrons. The minimum Gasteiger partial charge on any atom is -0.332 e. The summed E-state index contributed by atoms with van der Waals surface area (Å²) in [4.78, 5) is 26.4. The van der Waals surface area contributed by atoms with Gasteiger partial charge in [-0.25, -0.2) is 4.68 Å². The van der Waals surface area contributed by atoms with E-state index in [1.807, 2.05) is 56.3 Å². The van der Waals surface area contributed by atoms with Crippen molar-refractivity contribution < 1.29 is 9.59 Å². The summed E-state index contributed by atoms with van der Waals surface area (Å²) in [7, 11) is 1.61. The van der Waals surface area contributed by atoms with E-state index < -0.39 is 0 Å². The highest BCUT2D eigenvalue weighted by atomic mass is 16.2. The van der Waals surface area contributed by atoms with Crippen LogP contribution in [-0.2, 0) is 4.79 Å². The Morgan fingerprint density at radius 2 is 1.70 bits per heavy atom. The van der Waals surface area contributed by atoms with Crippen LogP contribution in [0.25, 0.3) is 5.69 Å². The third-order valence-corrected chi connectivity index (χ3v) is 4.37. The van der Waals surface area contributed by atoms with Crippen molar-refractivity contribution in [2.24, 2.45) is 0 Å². The maximum atomic E-state index is 12.8. The van der Waals surface area contributed by atoms with Gasteiger partial charge in [0.15, 0.2) is 0 Å². The fraction of sp³-hybridized carbons (Fsp3) is 0.190. The minimum atomic E-state index is -0.249. The van der Waals surface area contributed by atoms with Crippen LogP contribution in [0.4, 0.5) is 5.69 Å². The van der Waals surface area contributed by atoms with E-state index in [-0.39, 0.29) is 18.4 Å². The van der Waals surface area contributed by atoms with Crippen molar-refractivity contribution in [2.45, 2.75) is 13.8 Å². The molecule has 0 bridgehead atoms. The van der Waals surface area contributed by atoms with E-state index in [1.165, 1.54) is 4.90 Å². The molecule has 0 atom stereocenters. The van der Waals surface area contributed by atoms with E-state index in [1.54, 1.807) is 30.1 Å². The zero-order valence-corrected chi connectivity index (χ0v) is 15.6. The standard InChI is InChI=1S/C21H22N4O2/c1-15-9-7-8-12-19(15)25-16(2)18(13-22-25)21(27)24(3)14-20(26)23-17-10-5-4-6-11-17/h4-13H,14H2,1-3H3,(H,23,26). The number of amides is 2. The lowest BCUT2D eigenvalue weighted by Crippen LogP contribution is -2.35. The van der Waals surface area contributed by atoms with Crippen LogP contribution in [0.5, 0.6) is 0 Å². The maximum Gasteiger partial charge on any atom is 0.257 e. The smallest absolute Gasteiger partial charge is 0.257 e. The number of aryl methyl sites for hydroxylation is 1. The normalized spacial score (nSPS) is 10.5. The number of hydrogen-bond donors (Lipinski definition) is 1. The van der Waals surface area contributed by atoms with Gasteiger partial charge in [0.05, 0.1) is 29.7 Å². The second kappa shape index (κ2) is 7.86. The summed E-state index contributed by atoms with van der Waals surface area (Å²) in [6, 6.07) is 17.0. The van der Waals surface area contributed by atoms with Gasteiger partial charge in [-0.2, -0.15) is 5.10 Å². The predicted molar refractivity (Wildman–Crippen MR) is 105 cm³/mol. The third kappa shape index (κ3) is 4.06. The lowest BCUT2D eigenvalue weighted by atomic mass is 10.2. The summed E-state index contributed by atoms with van der Waals surface area (Å²) in [5, 5.41) is 7.14. The Kier molecular flexibility index (Phi) is 5.35. The number of rotatable bonds is 5. The molecular formula is C21H22N4O2. The minimum absolute atomic E-state index is 0.0390. The molecule has 0 saturated carbocycles. The van der Waals surface area contributed by atoms with Gasteiger partial charge in [-0.3, -0.25) is 9.59 Å². The number of carbonyl (C=O) groups is 2. The number of aromatic nitrogens is 2. The number of carbonyl (C=O) groups excluding carboxylic acids is 2. The molecule has 0 unspecified atom stereocenters. The molecule has 0 aliphatic carbocycles. The molecule has 6 nitrogen and oxygen atoms in total. The number of para-hydroxylation sites is 2. The summed E-state index contributed by atoms with van der Waals surface area (Å²) in [6.07, 6.45) is 1.55. The Bertz CT molecular complexity index is 963. The lowest BCUT2D eigenvalue weighted by Gasteiger charge is -2.17. The van der Waals surface area contributed by atoms with Crippen molar-refractivity contribution in [2.75, 3.05) is 18.9 Å². The van der Waals surface area contributed by atoms with Crippen molar-refractivity contribution in [1.82, 2.24) is 14.7 Å². The first-order chi connectivity index (χ1) is 13.0. The lowest BCUT2D eigenvalue weighted by molar-refractivity contribution is -0.116. The quantitative estimate of drug-likeness (QED) is 0.758. The molecular weight excluding hydrogens is 340 g/mol. The molecule has 1 N–H and O–H groups in total. The molecule has 0 saturated heterocycles. The van der Waals surface area contributed by atoms with Gasteiger partial charge in [0.1, 0.15) is 0 Å². The molecule has 1 heterocycles. The fourth-order valence-electron chi connectivity index (χ4n) is 2.88. The largest absolute Gasteiger partial charge is 0.332 e. The number of hydrogen-bond acceptors (Lipinski definition) is 3. The van der Waals surface area contributed by atoms with Crippen molar-refractivity contribution in [1.29, 1.82) is 0 Å². The predicted octanol–water partition coefficient (Wildman–Crippen LogP) is 3.20. The summed E-state index contributed by atoms with van der Waals surface area (Å²) in [6.45, 7) is 3.81. The third-order valence-electron chi connectivity index (χ3n) is 4.37. The van der Waals surface area contributed by atoms with Crippen LogP contribution < -0.4 is 5.32 Å². The first-order valence-electron chi connectivity index (χ1n) is 8.68. The van der Waals surface area contributed by atoms with Crippen LogP contribution in [0.1, 0.15) is 21.6 Å². The second-order valence-corrected chi connectivity index (χ2v) is 6.42. The molecule has 2 amide bonds. The van der Waals surface area contributed by atoms with Crippen LogP contribution >= 0.6 is 0 Å². The summed E-state index contributed by atoms with van der Waals surface area (Å²) in [5.74, 6) is -0.489. The van der Waals surface area contributed by atoms with Crippen LogP contribution in [0.2, 0.25) is 0 Å². The van der Waals surface area contributed by atoms with E-state index >= 15 is 0 Å². The van der Waals surface area contributed by atoms with Crippen molar-refractivity contribution in [3.05, 3.63) is 77.6 Å². The van der Waals surface area contributed by atoms with E-state index in [0.29, 0.717) is 11.3 Å². The van der Waals surface area contributed by atoms with Crippen LogP contribution in [0, 0.1) is 13.8 Å². The Hall–Kier alpha value is -3.41. The van der Waals surface area contributed by atoms with Crippen molar-refractivity contribution in [3.63, 3.8) is 0 Å². The topological polar surface area (TPSA) is 67.2 Å². The summed E-state index contributed by atoms with van der Waals surface area (Å²) < 4.78 is 1.75. The molecule has 0 aliphatic rings. The van der Waals surface area contributed by atoms with Gasteiger partial charge in [-0.15, -0.1) is 0 Å². The Balaban J connectivity index is 1.72. The molecule has 0 fully saturated rings. The van der Waals surface area contributed by atoms with Crippen LogP contribution in [0.3, 0.4) is 0 Å². The molecule has 1 aromatic heterocycles. The molecule has 27 heavy (non-hydrogen) atoms. The SMILES string of the molecule is Cc1ccccc1-n1ncc(C(=O)N(C)CC(=O)Nc2ccccc2)c1C. The Morgan fingerprint density at radius 3 is 2.41 bits per heavy atom. The van der Waals surface area contributed by atoms with E-state index in [9.17, 15) is 9.59 Å². The van der Waals surface area contributed by atoms with E-state index in [0.717, 1.165) is 16.9 Å². The van der Waals surface area contributed by atoms with Gasteiger partial charge in [-0.05, 0) is 37.6 Å². The van der Waals surface area contributed by atoms with Crippen molar-refractivity contribution >= 4 is 17.5 Å². The Labute approximate surface area is 158 Å². The molecule has 0 spiro atoms.